The number of hydrogen-bond acceptors (Lipinski definition) is 5. The van der Waals surface area contributed by atoms with Crippen molar-refractivity contribution in [1.29, 1.82) is 5.26 Å². The topological polar surface area (TPSA) is 71.9 Å². The second kappa shape index (κ2) is 6.08. The van der Waals surface area contributed by atoms with Gasteiger partial charge in [-0.15, -0.1) is 11.3 Å². The number of hydrogen-bond donors (Lipinski definition) is 1. The van der Waals surface area contributed by atoms with Gasteiger partial charge in [-0.2, -0.15) is 5.26 Å². The molecule has 4 nitrogen and oxygen atoms in total. The maximum atomic E-state index is 13.7. The molecule has 0 saturated heterocycles. The summed E-state index contributed by atoms with van der Waals surface area (Å²) in [6, 6.07) is 8.86. The fourth-order valence-corrected chi connectivity index (χ4v) is 5.04. The van der Waals surface area contributed by atoms with Gasteiger partial charge in [-0.1, -0.05) is 6.07 Å². The van der Waals surface area contributed by atoms with Crippen LogP contribution in [0.15, 0.2) is 40.2 Å². The molecular weight excluding hydrogens is 417 g/mol. The lowest BCUT2D eigenvalue weighted by atomic mass is 9.88. The van der Waals surface area contributed by atoms with Crippen molar-refractivity contribution in [1.82, 2.24) is 4.98 Å². The number of rotatable bonds is 1. The van der Waals surface area contributed by atoms with Crippen molar-refractivity contribution in [3.05, 3.63) is 67.7 Å². The Labute approximate surface area is 161 Å². The number of thiophene rings is 1. The monoisotopic (exact) mass is 429 g/mol. The average molecular weight is 430 g/mol. The zero-order valence-electron chi connectivity index (χ0n) is 13.9. The molecule has 3 aromatic rings. The zero-order chi connectivity index (χ0) is 18.6. The number of fused-ring (bicyclic) bond motifs is 3. The molecule has 0 radical (unpaired) electrons. The standard InChI is InChI=1S/C19H13BrFN3OS/c1-8-5-9(2)24-19-14(8)16-17(26-19)15(11(7-22)18(23)25-16)10-3-4-13(21)12(20)6-10/h3-6,15H,23H2,1-2H3/t15-/m1/s1. The first-order valence-corrected chi connectivity index (χ1v) is 9.44. The maximum Gasteiger partial charge on any atom is 0.205 e. The van der Waals surface area contributed by atoms with Crippen molar-refractivity contribution in [2.45, 2.75) is 19.8 Å². The minimum atomic E-state index is -0.417. The molecule has 2 aromatic heterocycles. The predicted octanol–water partition coefficient (Wildman–Crippen LogP) is 5.03. The molecule has 0 aliphatic carbocycles. The molecule has 26 heavy (non-hydrogen) atoms. The molecule has 0 fully saturated rings. The number of halogens is 2. The largest absolute Gasteiger partial charge is 0.439 e. The van der Waals surface area contributed by atoms with Gasteiger partial charge in [0.05, 0.1) is 20.7 Å². The Morgan fingerprint density at radius 1 is 1.35 bits per heavy atom. The molecule has 1 aromatic carbocycles. The molecule has 0 amide bonds. The van der Waals surface area contributed by atoms with Gasteiger partial charge in [0.25, 0.3) is 0 Å². The number of aryl methyl sites for hydroxylation is 2. The first kappa shape index (κ1) is 17.0. The van der Waals surface area contributed by atoms with E-state index < -0.39 is 5.92 Å². The van der Waals surface area contributed by atoms with Crippen molar-refractivity contribution in [3.63, 3.8) is 0 Å². The second-order valence-corrected chi connectivity index (χ2v) is 8.04. The van der Waals surface area contributed by atoms with Gasteiger partial charge in [0.2, 0.25) is 5.88 Å². The summed E-state index contributed by atoms with van der Waals surface area (Å²) in [6.07, 6.45) is 0. The Bertz CT molecular complexity index is 1150. The second-order valence-electron chi connectivity index (χ2n) is 6.15. The van der Waals surface area contributed by atoms with Gasteiger partial charge < -0.3 is 10.5 Å². The molecule has 2 N–H and O–H groups in total. The highest BCUT2D eigenvalue weighted by molar-refractivity contribution is 9.10. The maximum absolute atomic E-state index is 13.7. The van der Waals surface area contributed by atoms with Gasteiger partial charge in [-0.25, -0.2) is 9.37 Å². The van der Waals surface area contributed by atoms with Gasteiger partial charge in [0.1, 0.15) is 22.3 Å². The molecule has 0 spiro atoms. The fraction of sp³-hybridized carbons (Fsp3) is 0.158. The first-order chi connectivity index (χ1) is 12.4. The van der Waals surface area contributed by atoms with Gasteiger partial charge in [0.15, 0.2) is 5.75 Å². The number of nitriles is 1. The number of ether oxygens (including phenoxy) is 1. The van der Waals surface area contributed by atoms with Gasteiger partial charge >= 0.3 is 0 Å². The van der Waals surface area contributed by atoms with Crippen molar-refractivity contribution in [2.75, 3.05) is 0 Å². The predicted molar refractivity (Wildman–Crippen MR) is 102 cm³/mol. The first-order valence-electron chi connectivity index (χ1n) is 7.84. The molecular formula is C19H13BrFN3OS. The van der Waals surface area contributed by atoms with Crippen LogP contribution >= 0.6 is 27.3 Å². The summed E-state index contributed by atoms with van der Waals surface area (Å²) in [7, 11) is 0. The lowest BCUT2D eigenvalue weighted by molar-refractivity contribution is 0.401. The number of allylic oxidation sites excluding steroid dienone is 1. The minimum absolute atomic E-state index is 0.0742. The number of pyridine rings is 1. The van der Waals surface area contributed by atoms with Gasteiger partial charge in [-0.3, -0.25) is 0 Å². The van der Waals surface area contributed by atoms with Crippen LogP contribution in [0.4, 0.5) is 4.39 Å². The third-order valence-electron chi connectivity index (χ3n) is 4.39. The van der Waals surface area contributed by atoms with Crippen LogP contribution in [0.3, 0.4) is 0 Å². The van der Waals surface area contributed by atoms with E-state index in [0.717, 1.165) is 31.9 Å². The molecule has 3 heterocycles. The molecule has 7 heteroatoms. The normalized spacial score (nSPS) is 16.3. The van der Waals surface area contributed by atoms with Gasteiger partial charge in [-0.05, 0) is 59.1 Å². The highest BCUT2D eigenvalue weighted by atomic mass is 79.9. The number of aromatic nitrogens is 1. The number of nitrogens with zero attached hydrogens (tertiary/aromatic N) is 2. The summed E-state index contributed by atoms with van der Waals surface area (Å²) < 4.78 is 19.9. The van der Waals surface area contributed by atoms with Crippen LogP contribution in [-0.2, 0) is 0 Å². The number of benzene rings is 1. The SMILES string of the molecule is Cc1cc(C)c2c3c(sc2n1)[C@H](c1ccc(F)c(Br)c1)C(C#N)=C(N)O3. The van der Waals surface area contributed by atoms with Crippen molar-refractivity contribution >= 4 is 37.5 Å². The van der Waals surface area contributed by atoms with Crippen LogP contribution in [0.1, 0.15) is 27.6 Å². The van der Waals surface area contributed by atoms with E-state index in [4.69, 9.17) is 10.5 Å². The Morgan fingerprint density at radius 3 is 2.81 bits per heavy atom. The lowest BCUT2D eigenvalue weighted by Crippen LogP contribution is -2.19. The van der Waals surface area contributed by atoms with E-state index in [1.807, 2.05) is 19.9 Å². The van der Waals surface area contributed by atoms with Crippen LogP contribution in [0.2, 0.25) is 0 Å². The molecule has 0 saturated carbocycles. The van der Waals surface area contributed by atoms with Gasteiger partial charge in [0, 0.05) is 5.69 Å². The third kappa shape index (κ3) is 2.49. The van der Waals surface area contributed by atoms with Crippen LogP contribution in [0.5, 0.6) is 5.75 Å². The summed E-state index contributed by atoms with van der Waals surface area (Å²) >= 11 is 4.70. The summed E-state index contributed by atoms with van der Waals surface area (Å²) in [5, 5.41) is 10.6. The van der Waals surface area contributed by atoms with E-state index in [2.05, 4.69) is 27.0 Å². The fourth-order valence-electron chi connectivity index (χ4n) is 3.29. The molecule has 4 rings (SSSR count). The highest BCUT2D eigenvalue weighted by Gasteiger charge is 2.35. The summed E-state index contributed by atoms with van der Waals surface area (Å²) in [5.74, 6) is -0.0670. The van der Waals surface area contributed by atoms with E-state index in [1.54, 1.807) is 12.1 Å². The van der Waals surface area contributed by atoms with Crippen molar-refractivity contribution < 1.29 is 9.13 Å². The van der Waals surface area contributed by atoms with Crippen LogP contribution in [0, 0.1) is 31.0 Å². The molecule has 1 atom stereocenters. The van der Waals surface area contributed by atoms with E-state index in [1.165, 1.54) is 17.4 Å². The Morgan fingerprint density at radius 2 is 2.12 bits per heavy atom. The zero-order valence-corrected chi connectivity index (χ0v) is 16.3. The summed E-state index contributed by atoms with van der Waals surface area (Å²) in [5.41, 5.74) is 9.10. The Kier molecular flexibility index (Phi) is 3.98. The lowest BCUT2D eigenvalue weighted by Gasteiger charge is -2.24. The van der Waals surface area contributed by atoms with Crippen molar-refractivity contribution in [2.24, 2.45) is 5.73 Å². The van der Waals surface area contributed by atoms with Crippen LogP contribution in [-0.4, -0.2) is 4.98 Å². The van der Waals surface area contributed by atoms with E-state index in [9.17, 15) is 9.65 Å². The molecule has 1 aliphatic heterocycles. The van der Waals surface area contributed by atoms with Crippen LogP contribution < -0.4 is 10.5 Å². The minimum Gasteiger partial charge on any atom is -0.439 e. The van der Waals surface area contributed by atoms with Crippen molar-refractivity contribution in [3.8, 4) is 11.8 Å². The smallest absolute Gasteiger partial charge is 0.205 e. The van der Waals surface area contributed by atoms with E-state index in [-0.39, 0.29) is 11.7 Å². The quantitative estimate of drug-likeness (QED) is 0.588. The molecule has 130 valence electrons. The number of nitrogens with two attached hydrogens (primary N) is 1. The van der Waals surface area contributed by atoms with E-state index >= 15 is 0 Å². The van der Waals surface area contributed by atoms with Crippen LogP contribution in [0.25, 0.3) is 10.2 Å². The molecule has 1 aliphatic rings. The summed E-state index contributed by atoms with van der Waals surface area (Å²) in [4.78, 5) is 6.30. The summed E-state index contributed by atoms with van der Waals surface area (Å²) in [6.45, 7) is 3.93. The van der Waals surface area contributed by atoms with E-state index in [0.29, 0.717) is 15.8 Å². The Balaban J connectivity index is 2.03. The Hall–Kier alpha value is -2.43. The highest BCUT2D eigenvalue weighted by Crippen LogP contribution is 2.50. The average Bonchev–Trinajstić information content (AvgIpc) is 2.94. The third-order valence-corrected chi connectivity index (χ3v) is 6.13. The molecule has 0 bridgehead atoms. The molecule has 0 unspecified atom stereocenters.